The van der Waals surface area contributed by atoms with Gasteiger partial charge in [0, 0.05) is 23.7 Å². The average molecular weight is 288 g/mol. The predicted octanol–water partition coefficient (Wildman–Crippen LogP) is 4.01. The van der Waals surface area contributed by atoms with E-state index in [2.05, 4.69) is 71.2 Å². The average Bonchev–Trinajstić information content (AvgIpc) is 2.28. The Morgan fingerprint density at radius 2 is 1.48 bits per heavy atom. The van der Waals surface area contributed by atoms with E-state index >= 15 is 0 Å². The lowest BCUT2D eigenvalue weighted by atomic mass is 9.79. The number of benzene rings is 1. The standard InChI is InChI=1S/C19H32N2/c1-13-8-15(3)16(9-14(13)2)12-20-17-10-18(4,5)21-19(6,7)11-17/h8-9,17,20-21H,10-12H2,1-7H3. The van der Waals surface area contributed by atoms with Crippen molar-refractivity contribution in [1.82, 2.24) is 10.6 Å². The van der Waals surface area contributed by atoms with Crippen LogP contribution in [0.25, 0.3) is 0 Å². The Bertz CT molecular complexity index is 499. The topological polar surface area (TPSA) is 24.1 Å². The molecule has 0 amide bonds. The molecule has 0 saturated carbocycles. The zero-order valence-corrected chi connectivity index (χ0v) is 14.9. The van der Waals surface area contributed by atoms with Gasteiger partial charge in [0.2, 0.25) is 0 Å². The van der Waals surface area contributed by atoms with Crippen LogP contribution in [-0.2, 0) is 6.54 Å². The smallest absolute Gasteiger partial charge is 0.0210 e. The fourth-order valence-electron chi connectivity index (χ4n) is 3.93. The third-order valence-electron chi connectivity index (χ3n) is 4.72. The third kappa shape index (κ3) is 4.31. The molecule has 1 saturated heterocycles. The van der Waals surface area contributed by atoms with Crippen molar-refractivity contribution < 1.29 is 0 Å². The Kier molecular flexibility index (Phi) is 4.51. The third-order valence-corrected chi connectivity index (χ3v) is 4.72. The molecule has 0 radical (unpaired) electrons. The van der Waals surface area contributed by atoms with E-state index in [1.807, 2.05) is 0 Å². The number of aryl methyl sites for hydroxylation is 3. The van der Waals surface area contributed by atoms with Crippen molar-refractivity contribution in [2.75, 3.05) is 0 Å². The van der Waals surface area contributed by atoms with Crippen molar-refractivity contribution in [3.8, 4) is 0 Å². The van der Waals surface area contributed by atoms with Crippen molar-refractivity contribution >= 4 is 0 Å². The van der Waals surface area contributed by atoms with Crippen LogP contribution in [0.3, 0.4) is 0 Å². The molecule has 0 unspecified atom stereocenters. The minimum absolute atomic E-state index is 0.206. The molecule has 0 spiro atoms. The second-order valence-electron chi connectivity index (χ2n) is 8.24. The van der Waals surface area contributed by atoms with Gasteiger partial charge in [-0.15, -0.1) is 0 Å². The lowest BCUT2D eigenvalue weighted by molar-refractivity contribution is 0.145. The van der Waals surface area contributed by atoms with Gasteiger partial charge in [-0.25, -0.2) is 0 Å². The molecular weight excluding hydrogens is 256 g/mol. The largest absolute Gasteiger partial charge is 0.310 e. The van der Waals surface area contributed by atoms with Crippen LogP contribution in [0, 0.1) is 20.8 Å². The van der Waals surface area contributed by atoms with E-state index in [4.69, 9.17) is 0 Å². The molecule has 1 heterocycles. The molecule has 2 heteroatoms. The van der Waals surface area contributed by atoms with Gasteiger partial charge in [-0.05, 0) is 83.6 Å². The van der Waals surface area contributed by atoms with E-state index in [0.717, 1.165) is 6.54 Å². The Morgan fingerprint density at radius 1 is 0.952 bits per heavy atom. The van der Waals surface area contributed by atoms with Gasteiger partial charge in [0.25, 0.3) is 0 Å². The van der Waals surface area contributed by atoms with E-state index in [1.54, 1.807) is 0 Å². The first-order valence-electron chi connectivity index (χ1n) is 8.17. The van der Waals surface area contributed by atoms with Crippen molar-refractivity contribution in [2.24, 2.45) is 0 Å². The molecule has 0 bridgehead atoms. The summed E-state index contributed by atoms with van der Waals surface area (Å²) < 4.78 is 0. The maximum atomic E-state index is 3.80. The van der Waals surface area contributed by atoms with Crippen LogP contribution in [0.1, 0.15) is 62.8 Å². The highest BCUT2D eigenvalue weighted by molar-refractivity contribution is 5.36. The quantitative estimate of drug-likeness (QED) is 0.878. The van der Waals surface area contributed by atoms with Crippen LogP contribution < -0.4 is 10.6 Å². The Balaban J connectivity index is 2.04. The molecule has 1 aromatic carbocycles. The van der Waals surface area contributed by atoms with Crippen molar-refractivity contribution in [3.63, 3.8) is 0 Å². The normalized spacial score (nSPS) is 21.5. The van der Waals surface area contributed by atoms with Crippen LogP contribution in [0.15, 0.2) is 12.1 Å². The SMILES string of the molecule is Cc1cc(C)c(CNC2CC(C)(C)NC(C)(C)C2)cc1C. The highest BCUT2D eigenvalue weighted by Crippen LogP contribution is 2.28. The van der Waals surface area contributed by atoms with Crippen LogP contribution >= 0.6 is 0 Å². The Labute approximate surface area is 130 Å². The molecule has 1 aliphatic rings. The number of piperidine rings is 1. The second kappa shape index (κ2) is 5.73. The van der Waals surface area contributed by atoms with E-state index in [1.165, 1.54) is 35.1 Å². The van der Waals surface area contributed by atoms with Gasteiger partial charge in [0.05, 0.1) is 0 Å². The monoisotopic (exact) mass is 288 g/mol. The molecule has 118 valence electrons. The first-order valence-corrected chi connectivity index (χ1v) is 8.17. The summed E-state index contributed by atoms with van der Waals surface area (Å²) in [6.07, 6.45) is 2.36. The van der Waals surface area contributed by atoms with Crippen LogP contribution in [-0.4, -0.2) is 17.1 Å². The van der Waals surface area contributed by atoms with Gasteiger partial charge in [-0.1, -0.05) is 12.1 Å². The molecule has 0 atom stereocenters. The molecule has 1 aromatic rings. The zero-order chi connectivity index (χ0) is 15.8. The number of hydrogen-bond donors (Lipinski definition) is 2. The number of nitrogens with one attached hydrogen (secondary N) is 2. The summed E-state index contributed by atoms with van der Waals surface area (Å²) in [5, 5.41) is 7.54. The molecule has 0 aliphatic carbocycles. The van der Waals surface area contributed by atoms with Crippen LogP contribution in [0.2, 0.25) is 0 Å². The summed E-state index contributed by atoms with van der Waals surface area (Å²) in [5.41, 5.74) is 6.03. The molecule has 0 aromatic heterocycles. The summed E-state index contributed by atoms with van der Waals surface area (Å²) in [7, 11) is 0. The van der Waals surface area contributed by atoms with Crippen LogP contribution in [0.4, 0.5) is 0 Å². The van der Waals surface area contributed by atoms with E-state index in [-0.39, 0.29) is 11.1 Å². The first-order chi connectivity index (χ1) is 9.58. The van der Waals surface area contributed by atoms with E-state index < -0.39 is 0 Å². The van der Waals surface area contributed by atoms with Crippen molar-refractivity contribution in [3.05, 3.63) is 34.4 Å². The first kappa shape index (κ1) is 16.5. The number of rotatable bonds is 3. The lowest BCUT2D eigenvalue weighted by Gasteiger charge is -2.46. The van der Waals surface area contributed by atoms with E-state index in [0.29, 0.717) is 6.04 Å². The van der Waals surface area contributed by atoms with Gasteiger partial charge in [0.1, 0.15) is 0 Å². The summed E-state index contributed by atoms with van der Waals surface area (Å²) in [6, 6.07) is 5.23. The van der Waals surface area contributed by atoms with Gasteiger partial charge < -0.3 is 10.6 Å². The van der Waals surface area contributed by atoms with Crippen molar-refractivity contribution in [2.45, 2.75) is 85.0 Å². The number of hydrogen-bond acceptors (Lipinski definition) is 2. The molecule has 21 heavy (non-hydrogen) atoms. The summed E-state index contributed by atoms with van der Waals surface area (Å²) in [6.45, 7) is 16.8. The summed E-state index contributed by atoms with van der Waals surface area (Å²) in [4.78, 5) is 0. The predicted molar refractivity (Wildman–Crippen MR) is 91.8 cm³/mol. The van der Waals surface area contributed by atoms with Gasteiger partial charge in [0.15, 0.2) is 0 Å². The fraction of sp³-hybridized carbons (Fsp3) is 0.684. The van der Waals surface area contributed by atoms with Gasteiger partial charge in [-0.2, -0.15) is 0 Å². The zero-order valence-electron chi connectivity index (χ0n) is 14.9. The highest BCUT2D eigenvalue weighted by Gasteiger charge is 2.37. The van der Waals surface area contributed by atoms with Crippen molar-refractivity contribution in [1.29, 1.82) is 0 Å². The maximum absolute atomic E-state index is 3.80. The maximum Gasteiger partial charge on any atom is 0.0210 e. The minimum Gasteiger partial charge on any atom is -0.310 e. The van der Waals surface area contributed by atoms with Gasteiger partial charge in [-0.3, -0.25) is 0 Å². The lowest BCUT2D eigenvalue weighted by Crippen LogP contribution is -2.61. The molecule has 1 fully saturated rings. The summed E-state index contributed by atoms with van der Waals surface area (Å²) >= 11 is 0. The highest BCUT2D eigenvalue weighted by atomic mass is 15.1. The van der Waals surface area contributed by atoms with E-state index in [9.17, 15) is 0 Å². The molecular formula is C19H32N2. The summed E-state index contributed by atoms with van der Waals surface area (Å²) in [5.74, 6) is 0. The molecule has 2 N–H and O–H groups in total. The fourth-order valence-corrected chi connectivity index (χ4v) is 3.93. The molecule has 2 nitrogen and oxygen atoms in total. The Hall–Kier alpha value is -0.860. The molecule has 1 aliphatic heterocycles. The Morgan fingerprint density at radius 3 is 2.05 bits per heavy atom. The van der Waals surface area contributed by atoms with Gasteiger partial charge >= 0.3 is 0 Å². The molecule has 2 rings (SSSR count). The van der Waals surface area contributed by atoms with Crippen LogP contribution in [0.5, 0.6) is 0 Å². The minimum atomic E-state index is 0.206. The second-order valence-corrected chi connectivity index (χ2v) is 8.24.